The molecule has 1 aromatic carbocycles. The molecule has 2 atom stereocenters. The second-order valence-electron chi connectivity index (χ2n) is 5.64. The summed E-state index contributed by atoms with van der Waals surface area (Å²) >= 11 is 5.95. The molecule has 20 heavy (non-hydrogen) atoms. The largest absolute Gasteiger partial charge is 0.484 e. The van der Waals surface area contributed by atoms with E-state index in [4.69, 9.17) is 16.3 Å². The highest BCUT2D eigenvalue weighted by molar-refractivity contribution is 6.31. The Hall–Kier alpha value is -1.22. The summed E-state index contributed by atoms with van der Waals surface area (Å²) in [5.74, 6) is 1.19. The van der Waals surface area contributed by atoms with Crippen LogP contribution in [0.4, 0.5) is 0 Å². The van der Waals surface area contributed by atoms with Crippen molar-refractivity contribution in [3.63, 3.8) is 0 Å². The van der Waals surface area contributed by atoms with Crippen LogP contribution < -0.4 is 10.1 Å². The van der Waals surface area contributed by atoms with Gasteiger partial charge in [-0.15, -0.1) is 0 Å². The zero-order valence-electron chi connectivity index (χ0n) is 12.1. The molecule has 0 bridgehead atoms. The van der Waals surface area contributed by atoms with Crippen LogP contribution in [0.3, 0.4) is 0 Å². The topological polar surface area (TPSA) is 38.3 Å². The van der Waals surface area contributed by atoms with Crippen LogP contribution in [0.1, 0.15) is 38.2 Å². The predicted octanol–water partition coefficient (Wildman–Crippen LogP) is 3.72. The van der Waals surface area contributed by atoms with Crippen molar-refractivity contribution >= 4 is 17.5 Å². The Kier molecular flexibility index (Phi) is 5.30. The van der Waals surface area contributed by atoms with E-state index in [1.165, 1.54) is 19.3 Å². The second-order valence-corrected chi connectivity index (χ2v) is 6.04. The lowest BCUT2D eigenvalue weighted by molar-refractivity contribution is -0.124. The summed E-state index contributed by atoms with van der Waals surface area (Å²) in [6.45, 7) is 4.18. The van der Waals surface area contributed by atoms with Gasteiger partial charge in [-0.25, -0.2) is 0 Å². The molecule has 3 nitrogen and oxygen atoms in total. The fraction of sp³-hybridized carbons (Fsp3) is 0.562. The zero-order chi connectivity index (χ0) is 14.5. The second kappa shape index (κ2) is 6.98. The molecule has 0 unspecified atom stereocenters. The molecule has 0 saturated heterocycles. The van der Waals surface area contributed by atoms with Crippen molar-refractivity contribution in [2.24, 2.45) is 5.92 Å². The summed E-state index contributed by atoms with van der Waals surface area (Å²) in [5.41, 5.74) is 0.950. The van der Waals surface area contributed by atoms with Crippen molar-refractivity contribution in [2.45, 2.75) is 45.6 Å². The lowest BCUT2D eigenvalue weighted by Crippen LogP contribution is -2.43. The van der Waals surface area contributed by atoms with Crippen molar-refractivity contribution < 1.29 is 9.53 Å². The third-order valence-corrected chi connectivity index (χ3v) is 4.38. The first-order valence-corrected chi connectivity index (χ1v) is 7.62. The fourth-order valence-corrected chi connectivity index (χ4v) is 2.75. The lowest BCUT2D eigenvalue weighted by Gasteiger charge is -2.29. The smallest absolute Gasteiger partial charge is 0.258 e. The van der Waals surface area contributed by atoms with Crippen LogP contribution in [0.2, 0.25) is 5.02 Å². The lowest BCUT2D eigenvalue weighted by atomic mass is 9.86. The molecule has 0 heterocycles. The van der Waals surface area contributed by atoms with Crippen LogP contribution in [-0.4, -0.2) is 18.6 Å². The van der Waals surface area contributed by atoms with Crippen LogP contribution in [0, 0.1) is 12.8 Å². The number of aryl methyl sites for hydroxylation is 1. The average Bonchev–Trinajstić information content (AvgIpc) is 2.43. The number of nitrogens with one attached hydrogen (secondary N) is 1. The molecule has 0 aromatic heterocycles. The van der Waals surface area contributed by atoms with Crippen LogP contribution in [0.5, 0.6) is 5.75 Å². The Balaban J connectivity index is 1.81. The summed E-state index contributed by atoms with van der Waals surface area (Å²) in [4.78, 5) is 11.9. The third-order valence-electron chi connectivity index (χ3n) is 3.96. The minimum Gasteiger partial charge on any atom is -0.484 e. The number of halogens is 1. The van der Waals surface area contributed by atoms with Crippen molar-refractivity contribution in [3.05, 3.63) is 28.8 Å². The molecule has 0 radical (unpaired) electrons. The highest BCUT2D eigenvalue weighted by Crippen LogP contribution is 2.24. The van der Waals surface area contributed by atoms with Gasteiger partial charge in [-0.05, 0) is 49.4 Å². The Bertz CT molecular complexity index is 476. The SMILES string of the molecule is Cc1cc(OCC(=O)N[C@@H]2CCCC[C@H]2C)ccc1Cl. The number of hydrogen-bond acceptors (Lipinski definition) is 2. The molecule has 1 N–H and O–H groups in total. The van der Waals surface area contributed by atoms with Gasteiger partial charge >= 0.3 is 0 Å². The van der Waals surface area contributed by atoms with Crippen LogP contribution >= 0.6 is 11.6 Å². The normalized spacial score (nSPS) is 22.4. The van der Waals surface area contributed by atoms with E-state index in [1.807, 2.05) is 13.0 Å². The highest BCUT2D eigenvalue weighted by atomic mass is 35.5. The Morgan fingerprint density at radius 3 is 2.85 bits per heavy atom. The van der Waals surface area contributed by atoms with Crippen LogP contribution in [-0.2, 0) is 4.79 Å². The number of carbonyl (C=O) groups is 1. The molecule has 1 amide bonds. The molecule has 110 valence electrons. The van der Waals surface area contributed by atoms with E-state index in [9.17, 15) is 4.79 Å². The van der Waals surface area contributed by atoms with Crippen molar-refractivity contribution in [3.8, 4) is 5.75 Å². The van der Waals surface area contributed by atoms with Crippen molar-refractivity contribution in [1.82, 2.24) is 5.32 Å². The predicted molar refractivity (Wildman–Crippen MR) is 81.2 cm³/mol. The van der Waals surface area contributed by atoms with E-state index in [0.717, 1.165) is 12.0 Å². The first kappa shape index (κ1) is 15.2. The van der Waals surface area contributed by atoms with Crippen molar-refractivity contribution in [2.75, 3.05) is 6.61 Å². The van der Waals surface area contributed by atoms with Gasteiger partial charge in [-0.3, -0.25) is 4.79 Å². The van der Waals surface area contributed by atoms with Crippen molar-refractivity contribution in [1.29, 1.82) is 0 Å². The maximum Gasteiger partial charge on any atom is 0.258 e. The molecular weight excluding hydrogens is 274 g/mol. The number of benzene rings is 1. The van der Waals surface area contributed by atoms with Crippen LogP contribution in [0.15, 0.2) is 18.2 Å². The summed E-state index contributed by atoms with van der Waals surface area (Å²) in [6.07, 6.45) is 4.75. The van der Waals surface area contributed by atoms with Gasteiger partial charge in [0.05, 0.1) is 0 Å². The van der Waals surface area contributed by atoms with Gasteiger partial charge in [0.2, 0.25) is 0 Å². The number of hydrogen-bond donors (Lipinski definition) is 1. The van der Waals surface area contributed by atoms with E-state index < -0.39 is 0 Å². The Morgan fingerprint density at radius 1 is 1.40 bits per heavy atom. The number of rotatable bonds is 4. The van der Waals surface area contributed by atoms with Gasteiger partial charge in [0.25, 0.3) is 5.91 Å². The number of amides is 1. The average molecular weight is 296 g/mol. The maximum atomic E-state index is 11.9. The first-order chi connectivity index (χ1) is 9.56. The highest BCUT2D eigenvalue weighted by Gasteiger charge is 2.22. The molecule has 1 saturated carbocycles. The molecule has 2 rings (SSSR count). The summed E-state index contributed by atoms with van der Waals surface area (Å²) in [5, 5.41) is 3.78. The van der Waals surface area contributed by atoms with Gasteiger partial charge in [0.1, 0.15) is 5.75 Å². The number of carbonyl (C=O) groups excluding carboxylic acids is 1. The first-order valence-electron chi connectivity index (χ1n) is 7.24. The van der Waals surface area contributed by atoms with Crippen LogP contribution in [0.25, 0.3) is 0 Å². The minimum absolute atomic E-state index is 0.0450. The van der Waals surface area contributed by atoms with E-state index in [2.05, 4.69) is 12.2 Å². The minimum atomic E-state index is -0.0450. The van der Waals surface area contributed by atoms with Gasteiger partial charge in [-0.1, -0.05) is 31.4 Å². The van der Waals surface area contributed by atoms with E-state index in [1.54, 1.807) is 12.1 Å². The molecule has 1 aliphatic carbocycles. The quantitative estimate of drug-likeness (QED) is 0.919. The zero-order valence-corrected chi connectivity index (χ0v) is 12.9. The van der Waals surface area contributed by atoms with E-state index >= 15 is 0 Å². The van der Waals surface area contributed by atoms with Gasteiger partial charge < -0.3 is 10.1 Å². The Morgan fingerprint density at radius 2 is 2.15 bits per heavy atom. The molecule has 1 fully saturated rings. The van der Waals surface area contributed by atoms with Gasteiger partial charge in [0, 0.05) is 11.1 Å². The summed E-state index contributed by atoms with van der Waals surface area (Å²) in [7, 11) is 0. The summed E-state index contributed by atoms with van der Waals surface area (Å²) in [6, 6.07) is 5.71. The number of ether oxygens (including phenoxy) is 1. The Labute approximate surface area is 125 Å². The molecule has 0 aliphatic heterocycles. The van der Waals surface area contributed by atoms with E-state index in [-0.39, 0.29) is 12.5 Å². The van der Waals surface area contributed by atoms with E-state index in [0.29, 0.717) is 22.7 Å². The molecule has 0 spiro atoms. The maximum absolute atomic E-state index is 11.9. The third kappa shape index (κ3) is 4.14. The van der Waals surface area contributed by atoms with Gasteiger partial charge in [-0.2, -0.15) is 0 Å². The fourth-order valence-electron chi connectivity index (χ4n) is 2.63. The molecular formula is C16H22ClNO2. The molecule has 4 heteroatoms. The monoisotopic (exact) mass is 295 g/mol. The summed E-state index contributed by atoms with van der Waals surface area (Å²) < 4.78 is 5.51. The standard InChI is InChI=1S/C16H22ClNO2/c1-11-5-3-4-6-15(11)18-16(19)10-20-13-7-8-14(17)12(2)9-13/h7-9,11,15H,3-6,10H2,1-2H3,(H,18,19)/t11-,15-/m1/s1. The van der Waals surface area contributed by atoms with Gasteiger partial charge in [0.15, 0.2) is 6.61 Å². The molecule has 1 aliphatic rings. The molecule has 1 aromatic rings.